The largest absolute Gasteiger partial charge is 0.493 e. The van der Waals surface area contributed by atoms with Crippen LogP contribution in [-0.2, 0) is 6.42 Å². The van der Waals surface area contributed by atoms with E-state index < -0.39 is 5.67 Å². The van der Waals surface area contributed by atoms with E-state index in [1.807, 2.05) is 25.1 Å². The lowest BCUT2D eigenvalue weighted by atomic mass is 9.84. The van der Waals surface area contributed by atoms with Crippen molar-refractivity contribution < 1.29 is 9.13 Å². The van der Waals surface area contributed by atoms with E-state index in [2.05, 4.69) is 39.9 Å². The van der Waals surface area contributed by atoms with Gasteiger partial charge in [-0.25, -0.2) is 4.39 Å². The molecular formula is C22H26BrFN2O. The van der Waals surface area contributed by atoms with E-state index in [4.69, 9.17) is 10.5 Å². The predicted octanol–water partition coefficient (Wildman–Crippen LogP) is 5.19. The number of fused-ring (bicyclic) bond motifs is 1. The van der Waals surface area contributed by atoms with Gasteiger partial charge >= 0.3 is 0 Å². The van der Waals surface area contributed by atoms with E-state index in [-0.39, 0.29) is 6.04 Å². The number of hydrogen-bond acceptors (Lipinski definition) is 3. The molecule has 2 aromatic rings. The second-order valence-electron chi connectivity index (χ2n) is 7.74. The first-order chi connectivity index (χ1) is 12.9. The van der Waals surface area contributed by atoms with E-state index in [0.717, 1.165) is 40.0 Å². The highest BCUT2D eigenvalue weighted by Crippen LogP contribution is 2.46. The van der Waals surface area contributed by atoms with Gasteiger partial charge in [0.05, 0.1) is 12.6 Å². The molecule has 1 saturated carbocycles. The summed E-state index contributed by atoms with van der Waals surface area (Å²) >= 11 is 3.55. The molecule has 0 spiro atoms. The first-order valence-corrected chi connectivity index (χ1v) is 10.4. The molecule has 2 aliphatic rings. The minimum atomic E-state index is -1.03. The van der Waals surface area contributed by atoms with Crippen LogP contribution >= 0.6 is 15.9 Å². The molecule has 0 radical (unpaired) electrons. The van der Waals surface area contributed by atoms with E-state index >= 15 is 0 Å². The summed E-state index contributed by atoms with van der Waals surface area (Å²) in [4.78, 5) is 2.29. The topological polar surface area (TPSA) is 38.5 Å². The van der Waals surface area contributed by atoms with Gasteiger partial charge in [-0.1, -0.05) is 28.1 Å². The maximum atomic E-state index is 14.7. The number of rotatable bonds is 5. The highest BCUT2D eigenvalue weighted by Gasteiger charge is 2.47. The maximum Gasteiger partial charge on any atom is 0.125 e. The van der Waals surface area contributed by atoms with Gasteiger partial charge in [0, 0.05) is 28.8 Å². The Kier molecular flexibility index (Phi) is 4.93. The summed E-state index contributed by atoms with van der Waals surface area (Å²) in [6, 6.07) is 10.2. The van der Waals surface area contributed by atoms with E-state index in [0.29, 0.717) is 26.0 Å². The highest BCUT2D eigenvalue weighted by atomic mass is 79.9. The van der Waals surface area contributed by atoms with Gasteiger partial charge in [-0.15, -0.1) is 0 Å². The third-order valence-electron chi connectivity index (χ3n) is 5.83. The van der Waals surface area contributed by atoms with E-state index in [1.54, 1.807) is 0 Å². The standard InChI is InChI=1S/C22H26BrFN2O/c1-3-27-20-12-15(23)4-5-18(20)21-17-6-7-19(25)14(2)16(17)8-11-26(21)13-22(24)9-10-22/h4-7,12,21H,3,8-11,13,25H2,1-2H3. The fourth-order valence-electron chi connectivity index (χ4n) is 4.17. The summed E-state index contributed by atoms with van der Waals surface area (Å²) in [5.41, 5.74) is 10.7. The molecule has 1 atom stereocenters. The number of nitrogens with two attached hydrogens (primary N) is 1. The number of halogens is 2. The zero-order valence-corrected chi connectivity index (χ0v) is 17.5. The van der Waals surface area contributed by atoms with Gasteiger partial charge in [-0.2, -0.15) is 0 Å². The van der Waals surface area contributed by atoms with E-state index in [9.17, 15) is 4.39 Å². The molecule has 144 valence electrons. The van der Waals surface area contributed by atoms with Crippen LogP contribution in [0.25, 0.3) is 0 Å². The number of hydrogen-bond donors (Lipinski definition) is 1. The van der Waals surface area contributed by atoms with Crippen LogP contribution in [0.1, 0.15) is 48.1 Å². The summed E-state index contributed by atoms with van der Waals surface area (Å²) < 4.78 is 21.6. The normalized spacial score (nSPS) is 21.0. The number of nitrogens with zero attached hydrogens (tertiary/aromatic N) is 1. The third-order valence-corrected chi connectivity index (χ3v) is 6.33. The van der Waals surface area contributed by atoms with Crippen molar-refractivity contribution >= 4 is 21.6 Å². The van der Waals surface area contributed by atoms with Crippen molar-refractivity contribution in [3.05, 3.63) is 57.1 Å². The van der Waals surface area contributed by atoms with Gasteiger partial charge in [-0.3, -0.25) is 4.90 Å². The van der Waals surface area contributed by atoms with Crippen molar-refractivity contribution in [2.24, 2.45) is 0 Å². The highest BCUT2D eigenvalue weighted by molar-refractivity contribution is 9.10. The van der Waals surface area contributed by atoms with Gasteiger partial charge < -0.3 is 10.5 Å². The van der Waals surface area contributed by atoms with Crippen LogP contribution in [0.5, 0.6) is 5.75 Å². The summed E-state index contributed by atoms with van der Waals surface area (Å²) in [6.45, 7) is 5.97. The molecule has 0 amide bonds. The number of alkyl halides is 1. The quantitative estimate of drug-likeness (QED) is 0.660. The number of nitrogen functional groups attached to an aromatic ring is 1. The molecule has 1 aliphatic carbocycles. The molecule has 1 heterocycles. The Labute approximate surface area is 168 Å². The van der Waals surface area contributed by atoms with Crippen LogP contribution in [0.15, 0.2) is 34.8 Å². The predicted molar refractivity (Wildman–Crippen MR) is 111 cm³/mol. The van der Waals surface area contributed by atoms with Gasteiger partial charge in [0.2, 0.25) is 0 Å². The van der Waals surface area contributed by atoms with Crippen molar-refractivity contribution in [1.29, 1.82) is 0 Å². The Morgan fingerprint density at radius 2 is 2.00 bits per heavy atom. The number of anilines is 1. The average Bonchev–Trinajstić information content (AvgIpc) is 3.36. The Morgan fingerprint density at radius 3 is 2.70 bits per heavy atom. The molecule has 0 saturated heterocycles. The lowest BCUT2D eigenvalue weighted by Gasteiger charge is -2.40. The molecule has 5 heteroatoms. The first-order valence-electron chi connectivity index (χ1n) is 9.65. The van der Waals surface area contributed by atoms with Crippen molar-refractivity contribution in [1.82, 2.24) is 4.90 Å². The number of ether oxygens (including phenoxy) is 1. The molecule has 0 bridgehead atoms. The Hall–Kier alpha value is -1.59. The molecule has 27 heavy (non-hydrogen) atoms. The molecule has 0 aromatic heterocycles. The SMILES string of the molecule is CCOc1cc(Br)ccc1C1c2ccc(N)c(C)c2CCN1CC1(F)CC1. The fraction of sp³-hybridized carbons (Fsp3) is 0.455. The third kappa shape index (κ3) is 3.59. The van der Waals surface area contributed by atoms with Gasteiger partial charge in [-0.05, 0) is 68.0 Å². The molecule has 1 unspecified atom stereocenters. The number of benzene rings is 2. The summed E-state index contributed by atoms with van der Waals surface area (Å²) in [6.07, 6.45) is 2.24. The van der Waals surface area contributed by atoms with Crippen molar-refractivity contribution in [2.75, 3.05) is 25.4 Å². The van der Waals surface area contributed by atoms with Gasteiger partial charge in [0.1, 0.15) is 11.4 Å². The first kappa shape index (κ1) is 18.8. The minimum absolute atomic E-state index is 0.0177. The van der Waals surface area contributed by atoms with Crippen LogP contribution in [0, 0.1) is 6.92 Å². The van der Waals surface area contributed by atoms with Gasteiger partial charge in [0.25, 0.3) is 0 Å². The summed E-state index contributed by atoms with van der Waals surface area (Å²) in [7, 11) is 0. The minimum Gasteiger partial charge on any atom is -0.493 e. The van der Waals surface area contributed by atoms with Gasteiger partial charge in [0.15, 0.2) is 0 Å². The van der Waals surface area contributed by atoms with Crippen LogP contribution < -0.4 is 10.5 Å². The second-order valence-corrected chi connectivity index (χ2v) is 8.65. The average molecular weight is 433 g/mol. The molecule has 3 nitrogen and oxygen atoms in total. The smallest absolute Gasteiger partial charge is 0.125 e. The lowest BCUT2D eigenvalue weighted by molar-refractivity contribution is 0.138. The molecule has 2 aromatic carbocycles. The second kappa shape index (κ2) is 7.10. The molecule has 4 rings (SSSR count). The van der Waals surface area contributed by atoms with E-state index in [1.165, 1.54) is 11.1 Å². The van der Waals surface area contributed by atoms with Crippen molar-refractivity contribution in [2.45, 2.75) is 44.8 Å². The molecule has 1 fully saturated rings. The zero-order valence-electron chi connectivity index (χ0n) is 15.9. The summed E-state index contributed by atoms with van der Waals surface area (Å²) in [5.74, 6) is 0.855. The zero-order chi connectivity index (χ0) is 19.2. The fourth-order valence-corrected chi connectivity index (χ4v) is 4.51. The Morgan fingerprint density at radius 1 is 1.26 bits per heavy atom. The Bertz CT molecular complexity index is 866. The maximum absolute atomic E-state index is 14.7. The molecule has 2 N–H and O–H groups in total. The van der Waals surface area contributed by atoms with Crippen molar-refractivity contribution in [3.63, 3.8) is 0 Å². The molecule has 1 aliphatic heterocycles. The van der Waals surface area contributed by atoms with Crippen LogP contribution in [0.4, 0.5) is 10.1 Å². The lowest BCUT2D eigenvalue weighted by Crippen LogP contribution is -2.41. The van der Waals surface area contributed by atoms with Crippen LogP contribution in [0.3, 0.4) is 0 Å². The molecular weight excluding hydrogens is 407 g/mol. The Balaban J connectivity index is 1.84. The monoisotopic (exact) mass is 432 g/mol. The van der Waals surface area contributed by atoms with Crippen molar-refractivity contribution in [3.8, 4) is 5.75 Å². The van der Waals surface area contributed by atoms with Crippen LogP contribution in [-0.4, -0.2) is 30.3 Å². The summed E-state index contributed by atoms with van der Waals surface area (Å²) in [5, 5.41) is 0. The van der Waals surface area contributed by atoms with Crippen LogP contribution in [0.2, 0.25) is 0 Å².